The molecule has 1 atom stereocenters. The van der Waals surface area contributed by atoms with Gasteiger partial charge in [0, 0.05) is 17.6 Å². The predicted octanol–water partition coefficient (Wildman–Crippen LogP) is 3.54. The highest BCUT2D eigenvalue weighted by Gasteiger charge is 2.13. The predicted molar refractivity (Wildman–Crippen MR) is 73.0 cm³/mol. The van der Waals surface area contributed by atoms with Gasteiger partial charge in [-0.2, -0.15) is 0 Å². The summed E-state index contributed by atoms with van der Waals surface area (Å²) in [7, 11) is 2.03. The monoisotopic (exact) mass is 228 g/mol. The van der Waals surface area contributed by atoms with E-state index in [0.29, 0.717) is 12.0 Å². The fourth-order valence-electron chi connectivity index (χ4n) is 2.30. The molecule has 2 nitrogen and oxygen atoms in total. The summed E-state index contributed by atoms with van der Waals surface area (Å²) in [6, 6.07) is 10.9. The lowest BCUT2D eigenvalue weighted by atomic mass is 9.94. The van der Waals surface area contributed by atoms with Gasteiger partial charge in [0.05, 0.1) is 5.52 Å². The van der Waals surface area contributed by atoms with Crippen LogP contribution in [0.4, 0.5) is 0 Å². The zero-order chi connectivity index (χ0) is 12.3. The third kappa shape index (κ3) is 2.64. The van der Waals surface area contributed by atoms with Crippen molar-refractivity contribution in [3.63, 3.8) is 0 Å². The van der Waals surface area contributed by atoms with Crippen molar-refractivity contribution in [2.45, 2.75) is 26.3 Å². The minimum atomic E-state index is 0.405. The molecule has 2 aromatic rings. The summed E-state index contributed by atoms with van der Waals surface area (Å²) in [4.78, 5) is 4.41. The van der Waals surface area contributed by atoms with Crippen molar-refractivity contribution in [3.8, 4) is 0 Å². The van der Waals surface area contributed by atoms with Crippen LogP contribution < -0.4 is 5.32 Å². The summed E-state index contributed by atoms with van der Waals surface area (Å²) >= 11 is 0. The van der Waals surface area contributed by atoms with Gasteiger partial charge in [-0.25, -0.2) is 0 Å². The van der Waals surface area contributed by atoms with Crippen molar-refractivity contribution in [3.05, 3.63) is 42.1 Å². The molecule has 0 saturated heterocycles. The molecule has 0 aliphatic carbocycles. The van der Waals surface area contributed by atoms with E-state index in [-0.39, 0.29) is 0 Å². The molecule has 0 fully saturated rings. The first-order valence-electron chi connectivity index (χ1n) is 6.23. The fraction of sp³-hybridized carbons (Fsp3) is 0.400. The topological polar surface area (TPSA) is 24.9 Å². The maximum absolute atomic E-state index is 4.41. The lowest BCUT2D eigenvalue weighted by molar-refractivity contribution is 0.459. The number of pyridine rings is 1. The van der Waals surface area contributed by atoms with Crippen molar-refractivity contribution in [1.29, 1.82) is 0 Å². The smallest absolute Gasteiger partial charge is 0.0705 e. The van der Waals surface area contributed by atoms with E-state index in [2.05, 4.69) is 48.4 Å². The van der Waals surface area contributed by atoms with Crippen LogP contribution in [0.5, 0.6) is 0 Å². The summed E-state index contributed by atoms with van der Waals surface area (Å²) in [5, 5.41) is 4.67. The Labute approximate surface area is 103 Å². The van der Waals surface area contributed by atoms with Crippen molar-refractivity contribution in [2.24, 2.45) is 5.92 Å². The zero-order valence-electron chi connectivity index (χ0n) is 10.8. The Balaban J connectivity index is 2.46. The van der Waals surface area contributed by atoms with Crippen LogP contribution in [-0.4, -0.2) is 12.0 Å². The Kier molecular flexibility index (Phi) is 3.75. The lowest BCUT2D eigenvalue weighted by Gasteiger charge is -2.20. The van der Waals surface area contributed by atoms with Gasteiger partial charge >= 0.3 is 0 Å². The molecule has 0 radical (unpaired) electrons. The van der Waals surface area contributed by atoms with Gasteiger partial charge in [-0.05, 0) is 37.1 Å². The van der Waals surface area contributed by atoms with Crippen LogP contribution in [0.2, 0.25) is 0 Å². The number of aromatic nitrogens is 1. The van der Waals surface area contributed by atoms with E-state index in [1.54, 1.807) is 0 Å². The molecule has 17 heavy (non-hydrogen) atoms. The largest absolute Gasteiger partial charge is 0.313 e. The van der Waals surface area contributed by atoms with Crippen molar-refractivity contribution < 1.29 is 0 Å². The summed E-state index contributed by atoms with van der Waals surface area (Å²) < 4.78 is 0. The van der Waals surface area contributed by atoms with E-state index >= 15 is 0 Å². The fourth-order valence-corrected chi connectivity index (χ4v) is 2.30. The number of fused-ring (bicyclic) bond motifs is 1. The quantitative estimate of drug-likeness (QED) is 0.865. The van der Waals surface area contributed by atoms with Gasteiger partial charge in [-0.3, -0.25) is 4.98 Å². The van der Waals surface area contributed by atoms with E-state index in [1.807, 2.05) is 19.3 Å². The maximum Gasteiger partial charge on any atom is 0.0705 e. The summed E-state index contributed by atoms with van der Waals surface area (Å²) in [5.41, 5.74) is 2.43. The van der Waals surface area contributed by atoms with Gasteiger partial charge in [0.2, 0.25) is 0 Å². The van der Waals surface area contributed by atoms with E-state index in [0.717, 1.165) is 11.9 Å². The number of benzene rings is 1. The summed E-state index contributed by atoms with van der Waals surface area (Å²) in [6.07, 6.45) is 2.99. The second kappa shape index (κ2) is 5.28. The number of hydrogen-bond donors (Lipinski definition) is 1. The number of nitrogens with one attached hydrogen (secondary N) is 1. The molecule has 1 N–H and O–H groups in total. The standard InChI is InChI=1S/C15H20N2/c1-11(2)10-15(16-3)13-6-4-8-14-12(13)7-5-9-17-14/h4-9,11,15-16H,10H2,1-3H3. The van der Waals surface area contributed by atoms with E-state index in [9.17, 15) is 0 Å². The molecule has 1 aromatic heterocycles. The minimum absolute atomic E-state index is 0.405. The first kappa shape index (κ1) is 12.1. The highest BCUT2D eigenvalue weighted by Crippen LogP contribution is 2.27. The average Bonchev–Trinajstić information content (AvgIpc) is 2.35. The molecule has 0 bridgehead atoms. The molecule has 1 heterocycles. The van der Waals surface area contributed by atoms with Crippen molar-refractivity contribution >= 4 is 10.9 Å². The van der Waals surface area contributed by atoms with Gasteiger partial charge in [0.1, 0.15) is 0 Å². The number of rotatable bonds is 4. The van der Waals surface area contributed by atoms with Crippen LogP contribution in [0.25, 0.3) is 10.9 Å². The third-order valence-corrected chi connectivity index (χ3v) is 3.11. The number of nitrogens with zero attached hydrogens (tertiary/aromatic N) is 1. The van der Waals surface area contributed by atoms with E-state index < -0.39 is 0 Å². The second-order valence-corrected chi connectivity index (χ2v) is 4.89. The SMILES string of the molecule is CNC(CC(C)C)c1cccc2ncccc12. The number of hydrogen-bond acceptors (Lipinski definition) is 2. The van der Waals surface area contributed by atoms with Crippen LogP contribution in [0.15, 0.2) is 36.5 Å². The van der Waals surface area contributed by atoms with E-state index in [4.69, 9.17) is 0 Å². The average molecular weight is 228 g/mol. The zero-order valence-corrected chi connectivity index (χ0v) is 10.8. The van der Waals surface area contributed by atoms with Crippen LogP contribution in [0.3, 0.4) is 0 Å². The van der Waals surface area contributed by atoms with Crippen LogP contribution in [0.1, 0.15) is 31.9 Å². The van der Waals surface area contributed by atoms with Crippen molar-refractivity contribution in [1.82, 2.24) is 10.3 Å². The van der Waals surface area contributed by atoms with Crippen LogP contribution in [-0.2, 0) is 0 Å². The van der Waals surface area contributed by atoms with Gasteiger partial charge in [-0.15, -0.1) is 0 Å². The molecule has 0 aliphatic heterocycles. The van der Waals surface area contributed by atoms with E-state index in [1.165, 1.54) is 10.9 Å². The second-order valence-electron chi connectivity index (χ2n) is 4.89. The Morgan fingerprint density at radius 2 is 2.00 bits per heavy atom. The molecule has 0 spiro atoms. The van der Waals surface area contributed by atoms with Gasteiger partial charge in [0.25, 0.3) is 0 Å². The molecule has 1 aromatic carbocycles. The van der Waals surface area contributed by atoms with Crippen LogP contribution in [0, 0.1) is 5.92 Å². The Morgan fingerprint density at radius 1 is 1.18 bits per heavy atom. The van der Waals surface area contributed by atoms with Gasteiger partial charge in [0.15, 0.2) is 0 Å². The molecule has 0 aliphatic rings. The molecule has 2 heteroatoms. The molecule has 0 saturated carbocycles. The van der Waals surface area contributed by atoms with Crippen molar-refractivity contribution in [2.75, 3.05) is 7.05 Å². The normalized spacial score (nSPS) is 13.2. The molecule has 1 unspecified atom stereocenters. The van der Waals surface area contributed by atoms with Gasteiger partial charge in [-0.1, -0.05) is 32.0 Å². The third-order valence-electron chi connectivity index (χ3n) is 3.11. The summed E-state index contributed by atoms with van der Waals surface area (Å²) in [6.45, 7) is 4.52. The highest BCUT2D eigenvalue weighted by molar-refractivity contribution is 5.82. The molecular weight excluding hydrogens is 208 g/mol. The maximum atomic E-state index is 4.41. The molecule has 90 valence electrons. The Hall–Kier alpha value is -1.41. The Morgan fingerprint density at radius 3 is 2.71 bits per heavy atom. The highest BCUT2D eigenvalue weighted by atomic mass is 14.9. The first-order valence-corrected chi connectivity index (χ1v) is 6.23. The van der Waals surface area contributed by atoms with Gasteiger partial charge < -0.3 is 5.32 Å². The first-order chi connectivity index (χ1) is 8.22. The Bertz CT molecular complexity index is 486. The molecule has 0 amide bonds. The molecule has 2 rings (SSSR count). The molecular formula is C15H20N2. The minimum Gasteiger partial charge on any atom is -0.313 e. The summed E-state index contributed by atoms with van der Waals surface area (Å²) in [5.74, 6) is 0.680. The lowest BCUT2D eigenvalue weighted by Crippen LogP contribution is -2.18. The van der Waals surface area contributed by atoms with Crippen LogP contribution >= 0.6 is 0 Å².